The molecule has 0 radical (unpaired) electrons. The van der Waals surface area contributed by atoms with E-state index in [9.17, 15) is 10.1 Å². The maximum atomic E-state index is 11.0. The number of halogens is 1. The van der Waals surface area contributed by atoms with Crippen LogP contribution in [-0.4, -0.2) is 4.92 Å². The van der Waals surface area contributed by atoms with Crippen molar-refractivity contribution in [1.82, 2.24) is 0 Å². The van der Waals surface area contributed by atoms with E-state index in [0.717, 1.165) is 0 Å². The molecule has 0 bridgehead atoms. The van der Waals surface area contributed by atoms with Crippen molar-refractivity contribution in [2.24, 2.45) is 0 Å². The fourth-order valence-electron chi connectivity index (χ4n) is 1.87. The number of benzene rings is 2. The van der Waals surface area contributed by atoms with Gasteiger partial charge in [-0.15, -0.1) is 0 Å². The number of hydrogen-bond donors (Lipinski definition) is 0. The first-order valence-electron chi connectivity index (χ1n) is 6.50. The highest BCUT2D eigenvalue weighted by molar-refractivity contribution is 6.30. The average Bonchev–Trinajstić information content (AvgIpc) is 2.40. The molecule has 2 aromatic rings. The van der Waals surface area contributed by atoms with Gasteiger partial charge in [0, 0.05) is 11.1 Å². The Balaban J connectivity index is 2.28. The van der Waals surface area contributed by atoms with Gasteiger partial charge in [-0.25, -0.2) is 0 Å². The van der Waals surface area contributed by atoms with Crippen LogP contribution in [0.5, 0.6) is 11.5 Å². The van der Waals surface area contributed by atoms with Gasteiger partial charge in [-0.3, -0.25) is 10.1 Å². The van der Waals surface area contributed by atoms with Crippen LogP contribution in [0.25, 0.3) is 0 Å². The van der Waals surface area contributed by atoms with Crippen molar-refractivity contribution >= 4 is 17.3 Å². The van der Waals surface area contributed by atoms with Crippen molar-refractivity contribution in [3.05, 3.63) is 63.2 Å². The third-order valence-corrected chi connectivity index (χ3v) is 3.30. The Kier molecular flexibility index (Phi) is 4.19. The van der Waals surface area contributed by atoms with E-state index < -0.39 is 4.92 Å². The molecule has 2 rings (SSSR count). The van der Waals surface area contributed by atoms with Crippen molar-refractivity contribution in [2.75, 3.05) is 0 Å². The lowest BCUT2D eigenvalue weighted by atomic mass is 9.87. The molecule has 21 heavy (non-hydrogen) atoms. The van der Waals surface area contributed by atoms with Crippen LogP contribution in [0, 0.1) is 10.1 Å². The number of rotatable bonds is 3. The molecule has 0 atom stereocenters. The van der Waals surface area contributed by atoms with E-state index in [1.54, 1.807) is 18.2 Å². The molecular formula is C16H16ClNO3. The Hall–Kier alpha value is -2.07. The fraction of sp³-hybridized carbons (Fsp3) is 0.250. The number of nitrogens with zero attached hydrogens (tertiary/aromatic N) is 1. The molecule has 110 valence electrons. The van der Waals surface area contributed by atoms with Crippen molar-refractivity contribution < 1.29 is 9.66 Å². The largest absolute Gasteiger partial charge is 0.450 e. The lowest BCUT2D eigenvalue weighted by molar-refractivity contribution is -0.385. The van der Waals surface area contributed by atoms with Crippen LogP contribution in [-0.2, 0) is 5.41 Å². The van der Waals surface area contributed by atoms with E-state index >= 15 is 0 Å². The molecule has 4 nitrogen and oxygen atoms in total. The Morgan fingerprint density at radius 3 is 2.24 bits per heavy atom. The molecule has 0 aliphatic rings. The van der Waals surface area contributed by atoms with Gasteiger partial charge in [-0.2, -0.15) is 0 Å². The SMILES string of the molecule is CC(C)(C)c1ccc(Oc2ccc(Cl)cc2[N+](=O)[O-])cc1. The molecule has 0 unspecified atom stereocenters. The average molecular weight is 306 g/mol. The molecule has 0 saturated heterocycles. The van der Waals surface area contributed by atoms with E-state index in [1.807, 2.05) is 12.1 Å². The van der Waals surface area contributed by atoms with Crippen LogP contribution in [0.3, 0.4) is 0 Å². The summed E-state index contributed by atoms with van der Waals surface area (Å²) in [5.74, 6) is 0.723. The number of ether oxygens (including phenoxy) is 1. The number of nitro benzene ring substituents is 1. The summed E-state index contributed by atoms with van der Waals surface area (Å²) in [4.78, 5) is 10.5. The van der Waals surface area contributed by atoms with Gasteiger partial charge >= 0.3 is 5.69 Å². The van der Waals surface area contributed by atoms with Crippen molar-refractivity contribution in [3.63, 3.8) is 0 Å². The van der Waals surface area contributed by atoms with Gasteiger partial charge < -0.3 is 4.74 Å². The highest BCUT2D eigenvalue weighted by Gasteiger charge is 2.17. The maximum absolute atomic E-state index is 11.0. The number of hydrogen-bond acceptors (Lipinski definition) is 3. The van der Waals surface area contributed by atoms with Crippen molar-refractivity contribution in [1.29, 1.82) is 0 Å². The smallest absolute Gasteiger partial charge is 0.313 e. The van der Waals surface area contributed by atoms with Gasteiger partial charge in [0.2, 0.25) is 5.75 Å². The summed E-state index contributed by atoms with van der Waals surface area (Å²) in [5, 5.41) is 11.3. The van der Waals surface area contributed by atoms with Crippen molar-refractivity contribution in [2.45, 2.75) is 26.2 Å². The van der Waals surface area contributed by atoms with Crippen LogP contribution >= 0.6 is 11.6 Å². The van der Waals surface area contributed by atoms with Gasteiger partial charge in [0.25, 0.3) is 0 Å². The minimum absolute atomic E-state index is 0.0464. The molecule has 0 saturated carbocycles. The molecule has 0 spiro atoms. The monoisotopic (exact) mass is 305 g/mol. The van der Waals surface area contributed by atoms with Crippen LogP contribution in [0.15, 0.2) is 42.5 Å². The third-order valence-electron chi connectivity index (χ3n) is 3.07. The predicted octanol–water partition coefficient (Wildman–Crippen LogP) is 5.34. The Labute approximate surface area is 128 Å². The first-order valence-corrected chi connectivity index (χ1v) is 6.87. The Bertz CT molecular complexity index is 660. The summed E-state index contributed by atoms with van der Waals surface area (Å²) in [6, 6.07) is 11.9. The molecule has 2 aromatic carbocycles. The van der Waals surface area contributed by atoms with Crippen molar-refractivity contribution in [3.8, 4) is 11.5 Å². The third kappa shape index (κ3) is 3.73. The summed E-state index contributed by atoms with van der Waals surface area (Å²) in [6.45, 7) is 6.35. The van der Waals surface area contributed by atoms with E-state index in [2.05, 4.69) is 20.8 Å². The molecule has 0 aliphatic heterocycles. The zero-order valence-electron chi connectivity index (χ0n) is 12.1. The standard InChI is InChI=1S/C16H16ClNO3/c1-16(2,3)11-4-7-13(8-5-11)21-15-9-6-12(17)10-14(15)18(19)20/h4-10H,1-3H3. The van der Waals surface area contributed by atoms with Gasteiger partial charge in [-0.05, 0) is 35.2 Å². The molecule has 0 fully saturated rings. The van der Waals surface area contributed by atoms with Gasteiger partial charge in [0.15, 0.2) is 0 Å². The highest BCUT2D eigenvalue weighted by atomic mass is 35.5. The van der Waals surface area contributed by atoms with Gasteiger partial charge in [-0.1, -0.05) is 44.5 Å². The summed E-state index contributed by atoms with van der Waals surface area (Å²) in [7, 11) is 0. The topological polar surface area (TPSA) is 52.4 Å². The fourth-order valence-corrected chi connectivity index (χ4v) is 2.04. The van der Waals surface area contributed by atoms with Gasteiger partial charge in [0.05, 0.1) is 4.92 Å². The molecule has 0 aromatic heterocycles. The first kappa shape index (κ1) is 15.3. The second-order valence-electron chi connectivity index (χ2n) is 5.75. The van der Waals surface area contributed by atoms with Gasteiger partial charge in [0.1, 0.15) is 5.75 Å². The minimum atomic E-state index is -0.509. The zero-order chi connectivity index (χ0) is 15.6. The van der Waals surface area contributed by atoms with Crippen LogP contribution < -0.4 is 4.74 Å². The van der Waals surface area contributed by atoms with E-state index in [1.165, 1.54) is 17.7 Å². The quantitative estimate of drug-likeness (QED) is 0.568. The second kappa shape index (κ2) is 5.74. The van der Waals surface area contributed by atoms with Crippen LogP contribution in [0.2, 0.25) is 5.02 Å². The van der Waals surface area contributed by atoms with Crippen LogP contribution in [0.4, 0.5) is 5.69 Å². The first-order chi connectivity index (χ1) is 9.77. The molecule has 0 heterocycles. The molecule has 5 heteroatoms. The van der Waals surface area contributed by atoms with E-state index in [-0.39, 0.29) is 16.9 Å². The maximum Gasteiger partial charge on any atom is 0.313 e. The van der Waals surface area contributed by atoms with Crippen LogP contribution in [0.1, 0.15) is 26.3 Å². The Morgan fingerprint density at radius 2 is 1.71 bits per heavy atom. The summed E-state index contributed by atoms with van der Waals surface area (Å²) in [5.41, 5.74) is 1.06. The normalized spacial score (nSPS) is 11.2. The zero-order valence-corrected chi connectivity index (χ0v) is 12.8. The minimum Gasteiger partial charge on any atom is -0.450 e. The molecule has 0 aliphatic carbocycles. The second-order valence-corrected chi connectivity index (χ2v) is 6.18. The Morgan fingerprint density at radius 1 is 1.10 bits per heavy atom. The molecular weight excluding hydrogens is 290 g/mol. The predicted molar refractivity (Wildman–Crippen MR) is 83.3 cm³/mol. The lowest BCUT2D eigenvalue weighted by Crippen LogP contribution is -2.10. The number of nitro groups is 1. The van der Waals surface area contributed by atoms with E-state index in [4.69, 9.17) is 16.3 Å². The summed E-state index contributed by atoms with van der Waals surface area (Å²) < 4.78 is 5.59. The lowest BCUT2D eigenvalue weighted by Gasteiger charge is -2.19. The molecule has 0 amide bonds. The summed E-state index contributed by atoms with van der Waals surface area (Å²) in [6.07, 6.45) is 0. The summed E-state index contributed by atoms with van der Waals surface area (Å²) >= 11 is 5.77. The molecule has 0 N–H and O–H groups in total. The highest BCUT2D eigenvalue weighted by Crippen LogP contribution is 2.34. The van der Waals surface area contributed by atoms with E-state index in [0.29, 0.717) is 10.8 Å².